The van der Waals surface area contributed by atoms with Crippen molar-refractivity contribution in [3.63, 3.8) is 0 Å². The Hall–Kier alpha value is -1.48. The zero-order valence-electron chi connectivity index (χ0n) is 9.63. The summed E-state index contributed by atoms with van der Waals surface area (Å²) in [5.41, 5.74) is 1.49. The van der Waals surface area contributed by atoms with Gasteiger partial charge in [-0.3, -0.25) is 4.79 Å². The van der Waals surface area contributed by atoms with Crippen LogP contribution in [0.5, 0.6) is 5.75 Å². The normalized spacial score (nSPS) is 10.7. The average Bonchev–Trinajstić information content (AvgIpc) is 2.79. The molecule has 1 aromatic carbocycles. The zero-order chi connectivity index (χ0) is 12.3. The Kier molecular flexibility index (Phi) is 3.69. The van der Waals surface area contributed by atoms with E-state index < -0.39 is 0 Å². The van der Waals surface area contributed by atoms with Crippen molar-refractivity contribution in [1.82, 2.24) is 4.98 Å². The number of ether oxygens (including phenoxy) is 1. The second-order valence-electron chi connectivity index (χ2n) is 3.79. The summed E-state index contributed by atoms with van der Waals surface area (Å²) in [6, 6.07) is 5.69. The van der Waals surface area contributed by atoms with Crippen LogP contribution in [0.15, 0.2) is 24.4 Å². The van der Waals surface area contributed by atoms with Crippen molar-refractivity contribution in [3.05, 3.63) is 30.0 Å². The van der Waals surface area contributed by atoms with Gasteiger partial charge in [-0.05, 0) is 18.6 Å². The van der Waals surface area contributed by atoms with Crippen LogP contribution in [0.2, 0.25) is 0 Å². The molecule has 2 rings (SSSR count). The lowest BCUT2D eigenvalue weighted by Crippen LogP contribution is -2.01. The molecule has 0 fully saturated rings. The van der Waals surface area contributed by atoms with Gasteiger partial charge in [0.15, 0.2) is 5.78 Å². The molecule has 4 heteroatoms. The predicted octanol–water partition coefficient (Wildman–Crippen LogP) is 3.38. The van der Waals surface area contributed by atoms with Crippen molar-refractivity contribution < 1.29 is 9.53 Å². The zero-order valence-corrected chi connectivity index (χ0v) is 10.4. The molecule has 0 amide bonds. The fraction of sp³-hybridized carbons (Fsp3) is 0.308. The monoisotopic (exact) mass is 251 g/mol. The summed E-state index contributed by atoms with van der Waals surface area (Å²) in [6.45, 7) is 2.68. The van der Waals surface area contributed by atoms with Gasteiger partial charge in [0, 0.05) is 17.3 Å². The molecule has 0 bridgehead atoms. The van der Waals surface area contributed by atoms with Crippen LogP contribution in [-0.4, -0.2) is 23.3 Å². The minimum Gasteiger partial charge on any atom is -0.493 e. The summed E-state index contributed by atoms with van der Waals surface area (Å²) < 4.78 is 5.65. The SMILES string of the molecule is CCCOc1cccc2[nH]cc(C(=O)CCl)c12. The number of hydrogen-bond acceptors (Lipinski definition) is 2. The Balaban J connectivity index is 2.51. The molecule has 3 nitrogen and oxygen atoms in total. The van der Waals surface area contributed by atoms with Gasteiger partial charge in [-0.1, -0.05) is 13.0 Å². The molecule has 0 saturated carbocycles. The van der Waals surface area contributed by atoms with E-state index in [9.17, 15) is 4.79 Å². The molecule has 17 heavy (non-hydrogen) atoms. The maximum atomic E-state index is 11.7. The van der Waals surface area contributed by atoms with Gasteiger partial charge in [0.2, 0.25) is 0 Å². The van der Waals surface area contributed by atoms with Gasteiger partial charge in [-0.2, -0.15) is 0 Å². The van der Waals surface area contributed by atoms with E-state index in [1.54, 1.807) is 6.20 Å². The van der Waals surface area contributed by atoms with E-state index in [-0.39, 0.29) is 11.7 Å². The highest BCUT2D eigenvalue weighted by molar-refractivity contribution is 6.32. The quantitative estimate of drug-likeness (QED) is 0.654. The number of aromatic nitrogens is 1. The summed E-state index contributed by atoms with van der Waals surface area (Å²) in [7, 11) is 0. The van der Waals surface area contributed by atoms with Gasteiger partial charge in [-0.15, -0.1) is 11.6 Å². The first-order valence-corrected chi connectivity index (χ1v) is 6.13. The Bertz CT molecular complexity index is 533. The molecular formula is C13H14ClNO2. The first-order chi connectivity index (χ1) is 8.27. The number of hydrogen-bond donors (Lipinski definition) is 1. The lowest BCUT2D eigenvalue weighted by molar-refractivity contribution is 0.102. The number of fused-ring (bicyclic) bond motifs is 1. The van der Waals surface area contributed by atoms with Crippen LogP contribution in [0.4, 0.5) is 0 Å². The number of carbonyl (C=O) groups is 1. The van der Waals surface area contributed by atoms with E-state index in [4.69, 9.17) is 16.3 Å². The molecule has 0 atom stereocenters. The van der Waals surface area contributed by atoms with Crippen molar-refractivity contribution >= 4 is 28.3 Å². The number of benzene rings is 1. The molecule has 2 aromatic rings. The van der Waals surface area contributed by atoms with Gasteiger partial charge in [0.25, 0.3) is 0 Å². The predicted molar refractivity (Wildman–Crippen MR) is 69.1 cm³/mol. The molecule has 0 unspecified atom stereocenters. The molecule has 1 N–H and O–H groups in total. The van der Waals surface area contributed by atoms with Crippen molar-refractivity contribution in [2.75, 3.05) is 12.5 Å². The van der Waals surface area contributed by atoms with Gasteiger partial charge >= 0.3 is 0 Å². The third kappa shape index (κ3) is 2.29. The van der Waals surface area contributed by atoms with Crippen LogP contribution in [0, 0.1) is 0 Å². The molecule has 0 spiro atoms. The van der Waals surface area contributed by atoms with E-state index >= 15 is 0 Å². The number of ketones is 1. The second-order valence-corrected chi connectivity index (χ2v) is 4.05. The minimum absolute atomic E-state index is 0.0188. The standard InChI is InChI=1S/C13H14ClNO2/c1-2-6-17-12-5-3-4-10-13(12)9(8-15-10)11(16)7-14/h3-5,8,15H,2,6-7H2,1H3. The number of Topliss-reactive ketones (excluding diaryl/α,β-unsaturated/α-hetero) is 1. The van der Waals surface area contributed by atoms with Crippen molar-refractivity contribution in [1.29, 1.82) is 0 Å². The lowest BCUT2D eigenvalue weighted by atomic mass is 10.1. The van der Waals surface area contributed by atoms with Crippen molar-refractivity contribution in [3.8, 4) is 5.75 Å². The van der Waals surface area contributed by atoms with Crippen LogP contribution in [0.3, 0.4) is 0 Å². The fourth-order valence-electron chi connectivity index (χ4n) is 1.78. The van der Waals surface area contributed by atoms with E-state index in [0.29, 0.717) is 12.2 Å². The number of halogens is 1. The summed E-state index contributed by atoms with van der Waals surface area (Å²) >= 11 is 5.60. The van der Waals surface area contributed by atoms with Crippen LogP contribution in [-0.2, 0) is 0 Å². The maximum Gasteiger partial charge on any atom is 0.179 e. The smallest absolute Gasteiger partial charge is 0.179 e. The van der Waals surface area contributed by atoms with Gasteiger partial charge < -0.3 is 9.72 Å². The number of H-pyrrole nitrogens is 1. The van der Waals surface area contributed by atoms with Gasteiger partial charge in [-0.25, -0.2) is 0 Å². The highest BCUT2D eigenvalue weighted by Gasteiger charge is 2.14. The van der Waals surface area contributed by atoms with E-state index in [2.05, 4.69) is 4.98 Å². The van der Waals surface area contributed by atoms with Crippen LogP contribution in [0.25, 0.3) is 10.9 Å². The number of rotatable bonds is 5. The van der Waals surface area contributed by atoms with Crippen LogP contribution in [0.1, 0.15) is 23.7 Å². The number of nitrogens with one attached hydrogen (secondary N) is 1. The Morgan fingerprint density at radius 2 is 2.29 bits per heavy atom. The first kappa shape index (κ1) is 12.0. The van der Waals surface area contributed by atoms with Gasteiger partial charge in [0.1, 0.15) is 5.75 Å². The molecular weight excluding hydrogens is 238 g/mol. The molecule has 0 aliphatic carbocycles. The summed E-state index contributed by atoms with van der Waals surface area (Å²) in [5.74, 6) is 0.624. The van der Waals surface area contributed by atoms with Crippen LogP contribution < -0.4 is 4.74 Å². The molecule has 90 valence electrons. The highest BCUT2D eigenvalue weighted by atomic mass is 35.5. The van der Waals surface area contributed by atoms with E-state index in [1.165, 1.54) is 0 Å². The molecule has 0 radical (unpaired) electrons. The number of alkyl halides is 1. The topological polar surface area (TPSA) is 42.1 Å². The summed E-state index contributed by atoms with van der Waals surface area (Å²) in [5, 5.41) is 0.826. The van der Waals surface area contributed by atoms with Gasteiger partial charge in [0.05, 0.1) is 17.9 Å². The largest absolute Gasteiger partial charge is 0.493 e. The third-order valence-electron chi connectivity index (χ3n) is 2.55. The van der Waals surface area contributed by atoms with E-state index in [0.717, 1.165) is 23.1 Å². The van der Waals surface area contributed by atoms with E-state index in [1.807, 2.05) is 25.1 Å². The third-order valence-corrected chi connectivity index (χ3v) is 2.79. The Labute approximate surface area is 105 Å². The lowest BCUT2D eigenvalue weighted by Gasteiger charge is -2.07. The fourth-order valence-corrected chi connectivity index (χ4v) is 1.92. The Morgan fingerprint density at radius 1 is 1.47 bits per heavy atom. The maximum absolute atomic E-state index is 11.7. The molecule has 0 saturated heterocycles. The van der Waals surface area contributed by atoms with Crippen molar-refractivity contribution in [2.45, 2.75) is 13.3 Å². The van der Waals surface area contributed by atoms with Crippen molar-refractivity contribution in [2.24, 2.45) is 0 Å². The Morgan fingerprint density at radius 3 is 3.00 bits per heavy atom. The first-order valence-electron chi connectivity index (χ1n) is 5.60. The number of aromatic amines is 1. The molecule has 0 aliphatic heterocycles. The minimum atomic E-state index is -0.0922. The second kappa shape index (κ2) is 5.23. The molecule has 0 aliphatic rings. The average molecular weight is 252 g/mol. The molecule has 1 heterocycles. The number of carbonyl (C=O) groups excluding carboxylic acids is 1. The highest BCUT2D eigenvalue weighted by Crippen LogP contribution is 2.29. The summed E-state index contributed by atoms with van der Waals surface area (Å²) in [4.78, 5) is 14.8. The molecule has 1 aromatic heterocycles. The van der Waals surface area contributed by atoms with Crippen LogP contribution >= 0.6 is 11.6 Å². The summed E-state index contributed by atoms with van der Waals surface area (Å²) in [6.07, 6.45) is 2.62.